The molecule has 1 aromatic carbocycles. The molecule has 2 N–H and O–H groups in total. The highest BCUT2D eigenvalue weighted by molar-refractivity contribution is 7.98. The van der Waals surface area contributed by atoms with Crippen LogP contribution in [0, 0.1) is 5.82 Å². The number of nitrogen functional groups attached to an aromatic ring is 1. The smallest absolute Gasteiger partial charge is 0.237 e. The van der Waals surface area contributed by atoms with E-state index in [1.54, 1.807) is 12.1 Å². The molecule has 0 unspecified atom stereocenters. The van der Waals surface area contributed by atoms with Gasteiger partial charge in [0.05, 0.1) is 5.75 Å². The molecule has 19 heavy (non-hydrogen) atoms. The zero-order chi connectivity index (χ0) is 14.0. The van der Waals surface area contributed by atoms with Crippen LogP contribution < -0.4 is 5.73 Å². The van der Waals surface area contributed by atoms with E-state index < -0.39 is 0 Å². The minimum Gasteiger partial charge on any atom is -0.399 e. The van der Waals surface area contributed by atoms with Crippen molar-refractivity contribution in [2.24, 2.45) is 0 Å². The summed E-state index contributed by atoms with van der Waals surface area (Å²) in [6.07, 6.45) is 0. The van der Waals surface area contributed by atoms with E-state index in [-0.39, 0.29) is 11.2 Å². The first-order valence-corrected chi connectivity index (χ1v) is 6.86. The predicted molar refractivity (Wildman–Crippen MR) is 73.4 cm³/mol. The standard InChI is InChI=1S/C13H16FN3OS/c1-13(2,3)12-16-11(18-17-12)7-19-10-5-4-8(15)6-9(10)14/h4-6H,7,15H2,1-3H3. The first-order chi connectivity index (χ1) is 8.86. The third-order valence-corrected chi connectivity index (χ3v) is 3.48. The van der Waals surface area contributed by atoms with Crippen LogP contribution in [-0.2, 0) is 11.2 Å². The Labute approximate surface area is 115 Å². The molecule has 102 valence electrons. The molecular weight excluding hydrogens is 265 g/mol. The van der Waals surface area contributed by atoms with Crippen molar-refractivity contribution >= 4 is 17.4 Å². The van der Waals surface area contributed by atoms with Gasteiger partial charge in [0.15, 0.2) is 5.82 Å². The van der Waals surface area contributed by atoms with Crippen molar-refractivity contribution < 1.29 is 8.91 Å². The van der Waals surface area contributed by atoms with Crippen molar-refractivity contribution in [1.82, 2.24) is 10.1 Å². The van der Waals surface area contributed by atoms with E-state index in [1.807, 2.05) is 20.8 Å². The van der Waals surface area contributed by atoms with Crippen LogP contribution in [0.25, 0.3) is 0 Å². The van der Waals surface area contributed by atoms with Gasteiger partial charge in [-0.05, 0) is 18.2 Å². The second kappa shape index (κ2) is 5.21. The number of anilines is 1. The van der Waals surface area contributed by atoms with Crippen LogP contribution in [0.5, 0.6) is 0 Å². The summed E-state index contributed by atoms with van der Waals surface area (Å²) in [6, 6.07) is 4.62. The molecule has 0 saturated heterocycles. The van der Waals surface area contributed by atoms with Crippen LogP contribution in [0.3, 0.4) is 0 Å². The molecule has 0 radical (unpaired) electrons. The Bertz CT molecular complexity index is 578. The lowest BCUT2D eigenvalue weighted by Gasteiger charge is -2.10. The van der Waals surface area contributed by atoms with E-state index in [1.165, 1.54) is 17.8 Å². The van der Waals surface area contributed by atoms with Crippen LogP contribution in [0.1, 0.15) is 32.5 Å². The second-order valence-corrected chi connectivity index (χ2v) is 6.26. The number of nitrogens with zero attached hydrogens (tertiary/aromatic N) is 2. The number of halogens is 1. The van der Waals surface area contributed by atoms with Gasteiger partial charge < -0.3 is 10.3 Å². The minimum absolute atomic E-state index is 0.154. The third-order valence-electron chi connectivity index (χ3n) is 2.45. The van der Waals surface area contributed by atoms with E-state index in [4.69, 9.17) is 10.3 Å². The van der Waals surface area contributed by atoms with Crippen molar-refractivity contribution in [3.05, 3.63) is 35.7 Å². The molecule has 2 aromatic rings. The molecule has 0 amide bonds. The molecule has 2 rings (SSSR count). The maximum atomic E-state index is 13.6. The number of hydrogen-bond donors (Lipinski definition) is 1. The molecule has 0 fully saturated rings. The molecule has 0 atom stereocenters. The summed E-state index contributed by atoms with van der Waals surface area (Å²) in [5.41, 5.74) is 5.75. The highest BCUT2D eigenvalue weighted by Gasteiger charge is 2.21. The minimum atomic E-state index is -0.333. The monoisotopic (exact) mass is 281 g/mol. The van der Waals surface area contributed by atoms with E-state index >= 15 is 0 Å². The van der Waals surface area contributed by atoms with Crippen LogP contribution in [0.15, 0.2) is 27.6 Å². The molecule has 0 spiro atoms. The van der Waals surface area contributed by atoms with Crippen molar-refractivity contribution in [3.8, 4) is 0 Å². The average molecular weight is 281 g/mol. The Morgan fingerprint density at radius 1 is 1.37 bits per heavy atom. The lowest BCUT2D eigenvalue weighted by atomic mass is 9.96. The van der Waals surface area contributed by atoms with Crippen molar-refractivity contribution in [3.63, 3.8) is 0 Å². The van der Waals surface area contributed by atoms with Gasteiger partial charge in [-0.2, -0.15) is 4.98 Å². The Kier molecular flexibility index (Phi) is 3.80. The molecule has 0 aliphatic heterocycles. The van der Waals surface area contributed by atoms with Gasteiger partial charge in [-0.1, -0.05) is 25.9 Å². The van der Waals surface area contributed by atoms with Gasteiger partial charge in [0.25, 0.3) is 0 Å². The molecule has 0 aliphatic carbocycles. The highest BCUT2D eigenvalue weighted by atomic mass is 32.2. The van der Waals surface area contributed by atoms with Crippen LogP contribution in [0.4, 0.5) is 10.1 Å². The Morgan fingerprint density at radius 2 is 2.11 bits per heavy atom. The highest BCUT2D eigenvalue weighted by Crippen LogP contribution is 2.27. The van der Waals surface area contributed by atoms with Crippen molar-refractivity contribution in [1.29, 1.82) is 0 Å². The molecule has 1 aromatic heterocycles. The van der Waals surface area contributed by atoms with Crippen LogP contribution in [-0.4, -0.2) is 10.1 Å². The lowest BCUT2D eigenvalue weighted by Crippen LogP contribution is -2.13. The second-order valence-electron chi connectivity index (χ2n) is 5.24. The summed E-state index contributed by atoms with van der Waals surface area (Å²) < 4.78 is 18.7. The van der Waals surface area contributed by atoms with E-state index in [0.717, 1.165) is 0 Å². The summed E-state index contributed by atoms with van der Waals surface area (Å²) in [7, 11) is 0. The Morgan fingerprint density at radius 3 is 2.68 bits per heavy atom. The molecule has 4 nitrogen and oxygen atoms in total. The quantitative estimate of drug-likeness (QED) is 0.690. The largest absolute Gasteiger partial charge is 0.399 e. The Hall–Kier alpha value is -1.56. The van der Waals surface area contributed by atoms with E-state index in [9.17, 15) is 4.39 Å². The van der Waals surface area contributed by atoms with Crippen LogP contribution >= 0.6 is 11.8 Å². The maximum absolute atomic E-state index is 13.6. The summed E-state index contributed by atoms with van der Waals surface area (Å²) in [4.78, 5) is 4.82. The van der Waals surface area contributed by atoms with Crippen molar-refractivity contribution in [2.45, 2.75) is 36.8 Å². The first-order valence-electron chi connectivity index (χ1n) is 5.87. The van der Waals surface area contributed by atoms with Gasteiger partial charge in [0.1, 0.15) is 5.82 Å². The molecule has 0 saturated carbocycles. The number of rotatable bonds is 3. The fourth-order valence-corrected chi connectivity index (χ4v) is 2.15. The topological polar surface area (TPSA) is 64.9 Å². The van der Waals surface area contributed by atoms with Gasteiger partial charge in [0.2, 0.25) is 5.89 Å². The zero-order valence-corrected chi connectivity index (χ0v) is 11.9. The number of aromatic nitrogens is 2. The third kappa shape index (κ3) is 3.47. The summed E-state index contributed by atoms with van der Waals surface area (Å²) in [5.74, 6) is 1.25. The number of hydrogen-bond acceptors (Lipinski definition) is 5. The van der Waals surface area contributed by atoms with E-state index in [2.05, 4.69) is 10.1 Å². The fraction of sp³-hybridized carbons (Fsp3) is 0.385. The maximum Gasteiger partial charge on any atom is 0.237 e. The van der Waals surface area contributed by atoms with Gasteiger partial charge in [-0.3, -0.25) is 0 Å². The van der Waals surface area contributed by atoms with Gasteiger partial charge in [-0.25, -0.2) is 4.39 Å². The first kappa shape index (κ1) is 13.9. The lowest BCUT2D eigenvalue weighted by molar-refractivity contribution is 0.373. The molecule has 6 heteroatoms. The molecule has 0 aliphatic rings. The summed E-state index contributed by atoms with van der Waals surface area (Å²) >= 11 is 1.31. The predicted octanol–water partition coefficient (Wildman–Crippen LogP) is 3.38. The SMILES string of the molecule is CC(C)(C)c1noc(CSc2ccc(N)cc2F)n1. The fourth-order valence-electron chi connectivity index (χ4n) is 1.39. The van der Waals surface area contributed by atoms with Gasteiger partial charge in [-0.15, -0.1) is 11.8 Å². The van der Waals surface area contributed by atoms with Gasteiger partial charge in [0, 0.05) is 16.0 Å². The number of benzene rings is 1. The average Bonchev–Trinajstić information content (AvgIpc) is 2.76. The number of thioether (sulfide) groups is 1. The molecular formula is C13H16FN3OS. The molecule has 1 heterocycles. The zero-order valence-electron chi connectivity index (χ0n) is 11.1. The molecule has 0 bridgehead atoms. The normalized spacial score (nSPS) is 11.8. The Balaban J connectivity index is 2.04. The van der Waals surface area contributed by atoms with Gasteiger partial charge >= 0.3 is 0 Å². The summed E-state index contributed by atoms with van der Waals surface area (Å²) in [5, 5.41) is 3.92. The van der Waals surface area contributed by atoms with Crippen LogP contribution in [0.2, 0.25) is 0 Å². The van der Waals surface area contributed by atoms with E-state index in [0.29, 0.717) is 28.1 Å². The van der Waals surface area contributed by atoms with Crippen molar-refractivity contribution in [2.75, 3.05) is 5.73 Å². The summed E-state index contributed by atoms with van der Waals surface area (Å²) in [6.45, 7) is 6.03. The number of nitrogens with two attached hydrogens (primary N) is 1.